The number of rotatable bonds is 6. The monoisotopic (exact) mass is 432 g/mol. The molecule has 7 atom stereocenters. The lowest BCUT2D eigenvalue weighted by Crippen LogP contribution is -2.54. The third kappa shape index (κ3) is 3.95. The van der Waals surface area contributed by atoms with Crippen molar-refractivity contribution in [3.8, 4) is 0 Å². The fourth-order valence-corrected chi connectivity index (χ4v) is 8.11. The van der Waals surface area contributed by atoms with Gasteiger partial charge in [0.2, 0.25) is 0 Å². The van der Waals surface area contributed by atoms with E-state index >= 15 is 0 Å². The number of hydrogen-bond donors (Lipinski definition) is 1. The summed E-state index contributed by atoms with van der Waals surface area (Å²) in [6.07, 6.45) is 8.41. The van der Waals surface area contributed by atoms with E-state index in [1.807, 2.05) is 0 Å². The molecule has 4 rings (SSSR count). The Hall–Kier alpha value is -1.72. The van der Waals surface area contributed by atoms with Gasteiger partial charge in [0.15, 0.2) is 5.78 Å². The standard InChI is InChI=1S/C25H36O6/c1-24-11-9-16(26)13-15(24)3-4-17-18-5-6-20(25(18,2)12-10-19(17)24)21(27)14-31-23(30)8-7-22(28)29/h15,17-20H,3-14H2,1-2H3,(H,28,29)/t15-,17+,18+,19+,20-,24-,25+/m0/s1. The number of esters is 1. The number of carboxylic acids is 1. The molecule has 4 saturated carbocycles. The molecule has 0 unspecified atom stereocenters. The predicted octanol–water partition coefficient (Wildman–Crippen LogP) is 4.19. The first kappa shape index (κ1) is 22.5. The predicted molar refractivity (Wildman–Crippen MR) is 113 cm³/mol. The van der Waals surface area contributed by atoms with Crippen LogP contribution in [-0.2, 0) is 23.9 Å². The Kier molecular flexibility index (Phi) is 6.04. The van der Waals surface area contributed by atoms with Crippen molar-refractivity contribution in [2.24, 2.45) is 40.4 Å². The van der Waals surface area contributed by atoms with Gasteiger partial charge in [0.05, 0.1) is 12.8 Å². The number of carbonyl (C=O) groups is 4. The lowest BCUT2D eigenvalue weighted by molar-refractivity contribution is -0.154. The topological polar surface area (TPSA) is 97.7 Å². The van der Waals surface area contributed by atoms with Crippen LogP contribution in [-0.4, -0.2) is 35.2 Å². The fraction of sp³-hybridized carbons (Fsp3) is 0.840. The second-order valence-corrected chi connectivity index (χ2v) is 11.1. The van der Waals surface area contributed by atoms with Gasteiger partial charge >= 0.3 is 11.9 Å². The lowest BCUT2D eigenvalue weighted by atomic mass is 9.44. The van der Waals surface area contributed by atoms with Gasteiger partial charge in [-0.1, -0.05) is 13.8 Å². The number of carboxylic acid groups (broad SMARTS) is 1. The van der Waals surface area contributed by atoms with Gasteiger partial charge in [-0.25, -0.2) is 0 Å². The van der Waals surface area contributed by atoms with Gasteiger partial charge in [-0.3, -0.25) is 19.2 Å². The second kappa shape index (κ2) is 8.32. The molecule has 1 N–H and O–H groups in total. The van der Waals surface area contributed by atoms with Crippen LogP contribution in [0.1, 0.15) is 84.5 Å². The molecule has 0 spiro atoms. The highest BCUT2D eigenvalue weighted by molar-refractivity contribution is 5.86. The number of carbonyl (C=O) groups excluding carboxylic acids is 3. The first-order valence-electron chi connectivity index (χ1n) is 12.1. The summed E-state index contributed by atoms with van der Waals surface area (Å²) < 4.78 is 5.11. The van der Waals surface area contributed by atoms with Gasteiger partial charge in [-0.2, -0.15) is 0 Å². The van der Waals surface area contributed by atoms with Crippen molar-refractivity contribution in [1.82, 2.24) is 0 Å². The van der Waals surface area contributed by atoms with E-state index in [1.165, 1.54) is 6.42 Å². The molecular formula is C25H36O6. The Morgan fingerprint density at radius 3 is 2.45 bits per heavy atom. The molecule has 0 aliphatic heterocycles. The van der Waals surface area contributed by atoms with Crippen molar-refractivity contribution < 1.29 is 29.0 Å². The highest BCUT2D eigenvalue weighted by atomic mass is 16.5. The number of ketones is 2. The minimum absolute atomic E-state index is 0.00437. The average Bonchev–Trinajstić information content (AvgIpc) is 3.08. The maximum atomic E-state index is 13.0. The average molecular weight is 433 g/mol. The molecule has 6 heteroatoms. The second-order valence-electron chi connectivity index (χ2n) is 11.1. The van der Waals surface area contributed by atoms with Gasteiger partial charge < -0.3 is 9.84 Å². The quantitative estimate of drug-likeness (QED) is 0.632. The van der Waals surface area contributed by atoms with Crippen molar-refractivity contribution >= 4 is 23.5 Å². The van der Waals surface area contributed by atoms with E-state index < -0.39 is 11.9 Å². The number of Topliss-reactive ketones (excluding diaryl/α,β-unsaturated/α-hetero) is 2. The Morgan fingerprint density at radius 1 is 0.968 bits per heavy atom. The van der Waals surface area contributed by atoms with Crippen LogP contribution in [0.3, 0.4) is 0 Å². The van der Waals surface area contributed by atoms with E-state index in [2.05, 4.69) is 13.8 Å². The van der Waals surface area contributed by atoms with Gasteiger partial charge in [0.25, 0.3) is 0 Å². The molecule has 4 aliphatic rings. The third-order valence-corrected chi connectivity index (χ3v) is 9.79. The van der Waals surface area contributed by atoms with Crippen LogP contribution in [0, 0.1) is 40.4 Å². The SMILES string of the molecule is C[C@]12CCC(=O)C[C@@H]1CC[C@H]1[C@H]2CC[C@]2(C)[C@@H]1CC[C@H]2C(=O)COC(=O)CCC(=O)O. The molecular weight excluding hydrogens is 396 g/mol. The Labute approximate surface area is 184 Å². The first-order chi connectivity index (χ1) is 14.6. The number of fused-ring (bicyclic) bond motifs is 5. The van der Waals surface area contributed by atoms with Crippen LogP contribution in [0.25, 0.3) is 0 Å². The summed E-state index contributed by atoms with van der Waals surface area (Å²) in [4.78, 5) is 47.4. The fourth-order valence-electron chi connectivity index (χ4n) is 8.11. The lowest BCUT2D eigenvalue weighted by Gasteiger charge is -2.60. The van der Waals surface area contributed by atoms with Gasteiger partial charge in [0, 0.05) is 18.8 Å². The molecule has 0 aromatic rings. The summed E-state index contributed by atoms with van der Waals surface area (Å²) in [5.41, 5.74) is 0.222. The molecule has 0 aromatic carbocycles. The van der Waals surface area contributed by atoms with Crippen molar-refractivity contribution in [2.45, 2.75) is 84.5 Å². The molecule has 172 valence electrons. The maximum Gasteiger partial charge on any atom is 0.306 e. The molecule has 0 amide bonds. The molecule has 0 bridgehead atoms. The molecule has 0 saturated heterocycles. The zero-order valence-corrected chi connectivity index (χ0v) is 18.9. The van der Waals surface area contributed by atoms with Crippen molar-refractivity contribution in [1.29, 1.82) is 0 Å². The van der Waals surface area contributed by atoms with E-state index in [0.717, 1.165) is 51.4 Å². The molecule has 0 aromatic heterocycles. The highest BCUT2D eigenvalue weighted by Crippen LogP contribution is 2.67. The molecule has 0 radical (unpaired) electrons. The van der Waals surface area contributed by atoms with E-state index in [1.54, 1.807) is 0 Å². The molecule has 4 aliphatic carbocycles. The Morgan fingerprint density at radius 2 is 1.71 bits per heavy atom. The Bertz CT molecular complexity index is 774. The van der Waals surface area contributed by atoms with Gasteiger partial charge in [-0.15, -0.1) is 0 Å². The van der Waals surface area contributed by atoms with E-state index in [0.29, 0.717) is 29.5 Å². The molecule has 6 nitrogen and oxygen atoms in total. The normalized spacial score (nSPS) is 41.6. The van der Waals surface area contributed by atoms with Crippen LogP contribution >= 0.6 is 0 Å². The minimum atomic E-state index is -1.04. The van der Waals surface area contributed by atoms with E-state index in [9.17, 15) is 19.2 Å². The number of hydrogen-bond acceptors (Lipinski definition) is 5. The molecule has 0 heterocycles. The van der Waals surface area contributed by atoms with Crippen LogP contribution in [0.5, 0.6) is 0 Å². The number of ether oxygens (including phenoxy) is 1. The van der Waals surface area contributed by atoms with Crippen LogP contribution in [0.4, 0.5) is 0 Å². The zero-order chi connectivity index (χ0) is 22.4. The van der Waals surface area contributed by atoms with Gasteiger partial charge in [0.1, 0.15) is 12.4 Å². The van der Waals surface area contributed by atoms with Crippen LogP contribution in [0.15, 0.2) is 0 Å². The summed E-state index contributed by atoms with van der Waals surface area (Å²) in [6.45, 7) is 4.47. The first-order valence-corrected chi connectivity index (χ1v) is 12.1. The highest BCUT2D eigenvalue weighted by Gasteiger charge is 2.61. The number of aliphatic carboxylic acids is 1. The third-order valence-electron chi connectivity index (χ3n) is 9.79. The van der Waals surface area contributed by atoms with Crippen molar-refractivity contribution in [2.75, 3.05) is 6.61 Å². The molecule has 4 fully saturated rings. The summed E-state index contributed by atoms with van der Waals surface area (Å²) >= 11 is 0. The van der Waals surface area contributed by atoms with E-state index in [-0.39, 0.29) is 42.0 Å². The maximum absolute atomic E-state index is 13.0. The van der Waals surface area contributed by atoms with Crippen molar-refractivity contribution in [3.05, 3.63) is 0 Å². The zero-order valence-electron chi connectivity index (χ0n) is 18.9. The van der Waals surface area contributed by atoms with E-state index in [4.69, 9.17) is 9.84 Å². The summed E-state index contributed by atoms with van der Waals surface area (Å²) in [6, 6.07) is 0. The van der Waals surface area contributed by atoms with Crippen LogP contribution < -0.4 is 0 Å². The Balaban J connectivity index is 1.41. The summed E-state index contributed by atoms with van der Waals surface area (Å²) in [5, 5.41) is 8.68. The van der Waals surface area contributed by atoms with Crippen LogP contribution in [0.2, 0.25) is 0 Å². The van der Waals surface area contributed by atoms with Gasteiger partial charge in [-0.05, 0) is 79.4 Å². The smallest absolute Gasteiger partial charge is 0.306 e. The van der Waals surface area contributed by atoms with Crippen molar-refractivity contribution in [3.63, 3.8) is 0 Å². The molecule has 31 heavy (non-hydrogen) atoms. The summed E-state index contributed by atoms with van der Waals surface area (Å²) in [7, 11) is 0. The largest absolute Gasteiger partial charge is 0.481 e. The summed E-state index contributed by atoms with van der Waals surface area (Å²) in [5.74, 6) is 1.03. The minimum Gasteiger partial charge on any atom is -0.481 e.